The SMILES string of the molecule is Cn1cnc(S(=O)(=O)N2CCCC(C(=O)N3CCC(N4CCCCC4)CC3)CCNC(=O)CC2)c1. The molecule has 11 heteroatoms. The van der Waals surface area contributed by atoms with Gasteiger partial charge < -0.3 is 19.7 Å². The molecule has 0 bridgehead atoms. The number of imidazole rings is 1. The van der Waals surface area contributed by atoms with Crippen molar-refractivity contribution in [2.45, 2.75) is 68.9 Å². The highest BCUT2D eigenvalue weighted by atomic mass is 32.2. The largest absolute Gasteiger partial charge is 0.356 e. The fourth-order valence-electron chi connectivity index (χ4n) is 5.61. The number of rotatable bonds is 4. The standard InChI is InChI=1S/C24H40N6O4S/c1-27-18-23(26-19-27)35(33,34)30-14-5-6-20(7-11-25-22(31)10-17-30)24(32)29-15-8-21(9-16-29)28-12-3-2-4-13-28/h18-21H,2-17H2,1H3,(H,25,31). The zero-order chi connectivity index (χ0) is 24.8. The van der Waals surface area contributed by atoms with Gasteiger partial charge in [0.15, 0.2) is 5.03 Å². The Bertz CT molecular complexity index is 966. The van der Waals surface area contributed by atoms with Gasteiger partial charge in [-0.2, -0.15) is 4.31 Å². The lowest BCUT2D eigenvalue weighted by atomic mass is 9.94. The van der Waals surface area contributed by atoms with Gasteiger partial charge in [-0.05, 0) is 58.0 Å². The van der Waals surface area contributed by atoms with Crippen LogP contribution in [0.2, 0.25) is 0 Å². The Labute approximate surface area is 209 Å². The number of piperidine rings is 2. The molecule has 196 valence electrons. The van der Waals surface area contributed by atoms with Crippen molar-refractivity contribution < 1.29 is 18.0 Å². The van der Waals surface area contributed by atoms with Crippen molar-refractivity contribution in [2.75, 3.05) is 45.8 Å². The molecule has 1 aromatic heterocycles. The molecular weight excluding hydrogens is 468 g/mol. The van der Waals surface area contributed by atoms with Crippen LogP contribution in [0.15, 0.2) is 17.6 Å². The fourth-order valence-corrected chi connectivity index (χ4v) is 7.05. The van der Waals surface area contributed by atoms with Gasteiger partial charge in [0, 0.05) is 64.3 Å². The van der Waals surface area contributed by atoms with E-state index in [4.69, 9.17) is 0 Å². The first kappa shape index (κ1) is 26.1. The Morgan fingerprint density at radius 2 is 1.71 bits per heavy atom. The molecule has 35 heavy (non-hydrogen) atoms. The number of aromatic nitrogens is 2. The van der Waals surface area contributed by atoms with E-state index in [1.54, 1.807) is 11.6 Å². The van der Waals surface area contributed by atoms with Crippen molar-refractivity contribution >= 4 is 21.8 Å². The first-order valence-electron chi connectivity index (χ1n) is 13.1. The molecular formula is C24H40N6O4S. The number of sulfonamides is 1. The molecule has 0 radical (unpaired) electrons. The minimum atomic E-state index is -3.80. The van der Waals surface area contributed by atoms with Crippen LogP contribution in [0.3, 0.4) is 0 Å². The molecule has 0 aliphatic carbocycles. The van der Waals surface area contributed by atoms with Gasteiger partial charge in [0.25, 0.3) is 10.0 Å². The van der Waals surface area contributed by atoms with E-state index < -0.39 is 10.0 Å². The maximum Gasteiger partial charge on any atom is 0.262 e. The van der Waals surface area contributed by atoms with E-state index in [0.29, 0.717) is 31.8 Å². The second-order valence-corrected chi connectivity index (χ2v) is 12.0. The molecule has 1 unspecified atom stereocenters. The molecule has 2 amide bonds. The minimum absolute atomic E-state index is 0.0144. The van der Waals surface area contributed by atoms with Crippen LogP contribution in [0.5, 0.6) is 0 Å². The lowest BCUT2D eigenvalue weighted by molar-refractivity contribution is -0.138. The first-order chi connectivity index (χ1) is 16.8. The van der Waals surface area contributed by atoms with Crippen LogP contribution in [0.1, 0.15) is 57.8 Å². The summed E-state index contributed by atoms with van der Waals surface area (Å²) in [6.45, 7) is 4.73. The predicted molar refractivity (Wildman–Crippen MR) is 132 cm³/mol. The summed E-state index contributed by atoms with van der Waals surface area (Å²) < 4.78 is 29.2. The van der Waals surface area contributed by atoms with Gasteiger partial charge in [0.2, 0.25) is 11.8 Å². The Hall–Kier alpha value is -1.98. The number of hydrogen-bond donors (Lipinski definition) is 1. The van der Waals surface area contributed by atoms with E-state index in [9.17, 15) is 18.0 Å². The van der Waals surface area contributed by atoms with Crippen LogP contribution >= 0.6 is 0 Å². The summed E-state index contributed by atoms with van der Waals surface area (Å²) in [6, 6.07) is 0.580. The molecule has 4 heterocycles. The molecule has 3 aliphatic rings. The Balaban J connectivity index is 1.36. The Morgan fingerprint density at radius 1 is 0.971 bits per heavy atom. The van der Waals surface area contributed by atoms with Gasteiger partial charge in [-0.3, -0.25) is 9.59 Å². The first-order valence-corrected chi connectivity index (χ1v) is 14.6. The van der Waals surface area contributed by atoms with Crippen LogP contribution in [-0.2, 0) is 26.7 Å². The fraction of sp³-hybridized carbons (Fsp3) is 0.792. The molecule has 1 atom stereocenters. The van der Waals surface area contributed by atoms with Crippen LogP contribution in [0.4, 0.5) is 0 Å². The van der Waals surface area contributed by atoms with Gasteiger partial charge in [0.05, 0.1) is 6.33 Å². The normalized spacial score (nSPS) is 25.1. The van der Waals surface area contributed by atoms with Gasteiger partial charge in [-0.1, -0.05) is 6.42 Å². The van der Waals surface area contributed by atoms with E-state index in [-0.39, 0.29) is 42.3 Å². The number of nitrogens with zero attached hydrogens (tertiary/aromatic N) is 5. The van der Waals surface area contributed by atoms with E-state index in [1.165, 1.54) is 49.2 Å². The number of nitrogens with one attached hydrogen (secondary N) is 1. The topological polar surface area (TPSA) is 108 Å². The summed E-state index contributed by atoms with van der Waals surface area (Å²) in [7, 11) is -2.08. The average Bonchev–Trinajstić information content (AvgIpc) is 3.30. The summed E-state index contributed by atoms with van der Waals surface area (Å²) in [6.07, 6.45) is 10.7. The summed E-state index contributed by atoms with van der Waals surface area (Å²) in [5.74, 6) is -0.254. The molecule has 3 saturated heterocycles. The van der Waals surface area contributed by atoms with Crippen molar-refractivity contribution in [2.24, 2.45) is 13.0 Å². The maximum absolute atomic E-state index is 13.4. The van der Waals surface area contributed by atoms with Crippen molar-refractivity contribution in [3.05, 3.63) is 12.5 Å². The molecule has 0 spiro atoms. The van der Waals surface area contributed by atoms with Crippen molar-refractivity contribution in [1.82, 2.24) is 29.0 Å². The van der Waals surface area contributed by atoms with Crippen LogP contribution < -0.4 is 5.32 Å². The molecule has 1 N–H and O–H groups in total. The quantitative estimate of drug-likeness (QED) is 0.655. The maximum atomic E-state index is 13.4. The van der Waals surface area contributed by atoms with Crippen LogP contribution in [0, 0.1) is 5.92 Å². The Kier molecular flexibility index (Phi) is 8.82. The third-order valence-corrected chi connectivity index (χ3v) is 9.47. The van der Waals surface area contributed by atoms with Gasteiger partial charge in [-0.25, -0.2) is 13.4 Å². The minimum Gasteiger partial charge on any atom is -0.356 e. The van der Waals surface area contributed by atoms with Crippen molar-refractivity contribution in [1.29, 1.82) is 0 Å². The molecule has 3 aliphatic heterocycles. The summed E-state index contributed by atoms with van der Waals surface area (Å²) in [5.41, 5.74) is 0. The highest BCUT2D eigenvalue weighted by Gasteiger charge is 2.32. The number of carbonyl (C=O) groups excluding carboxylic acids is 2. The summed E-state index contributed by atoms with van der Waals surface area (Å²) >= 11 is 0. The zero-order valence-corrected chi connectivity index (χ0v) is 21.7. The predicted octanol–water partition coefficient (Wildman–Crippen LogP) is 1.19. The van der Waals surface area contributed by atoms with E-state index >= 15 is 0 Å². The number of amides is 2. The van der Waals surface area contributed by atoms with E-state index in [2.05, 4.69) is 15.2 Å². The second-order valence-electron chi connectivity index (χ2n) is 10.2. The van der Waals surface area contributed by atoms with Crippen molar-refractivity contribution in [3.8, 4) is 0 Å². The Morgan fingerprint density at radius 3 is 2.40 bits per heavy atom. The molecule has 3 fully saturated rings. The highest BCUT2D eigenvalue weighted by Crippen LogP contribution is 2.24. The molecule has 1 aromatic rings. The van der Waals surface area contributed by atoms with E-state index in [1.807, 2.05) is 4.90 Å². The molecule has 0 saturated carbocycles. The average molecular weight is 509 g/mol. The third-order valence-electron chi connectivity index (χ3n) is 7.68. The lowest BCUT2D eigenvalue weighted by Gasteiger charge is -2.41. The lowest BCUT2D eigenvalue weighted by Crippen LogP contribution is -2.49. The van der Waals surface area contributed by atoms with E-state index in [0.717, 1.165) is 25.9 Å². The third kappa shape index (κ3) is 6.62. The monoisotopic (exact) mass is 508 g/mol. The highest BCUT2D eigenvalue weighted by molar-refractivity contribution is 7.89. The van der Waals surface area contributed by atoms with Crippen LogP contribution in [0.25, 0.3) is 0 Å². The second kappa shape index (κ2) is 11.8. The van der Waals surface area contributed by atoms with Gasteiger partial charge in [-0.15, -0.1) is 0 Å². The van der Waals surface area contributed by atoms with Gasteiger partial charge >= 0.3 is 0 Å². The number of aryl methyl sites for hydroxylation is 1. The smallest absolute Gasteiger partial charge is 0.262 e. The molecule has 4 rings (SSSR count). The number of likely N-dealkylation sites (tertiary alicyclic amines) is 2. The summed E-state index contributed by atoms with van der Waals surface area (Å²) in [5, 5.41) is 2.86. The van der Waals surface area contributed by atoms with Gasteiger partial charge in [0.1, 0.15) is 0 Å². The number of carbonyl (C=O) groups is 2. The van der Waals surface area contributed by atoms with Crippen LogP contribution in [-0.4, -0.2) is 95.7 Å². The zero-order valence-electron chi connectivity index (χ0n) is 20.9. The summed E-state index contributed by atoms with van der Waals surface area (Å²) in [4.78, 5) is 34.4. The molecule has 10 nitrogen and oxygen atoms in total. The van der Waals surface area contributed by atoms with Crippen molar-refractivity contribution in [3.63, 3.8) is 0 Å². The number of hydrogen-bond acceptors (Lipinski definition) is 6. The molecule has 0 aromatic carbocycles.